The first-order valence-corrected chi connectivity index (χ1v) is 7.78. The highest BCUT2D eigenvalue weighted by Crippen LogP contribution is 2.23. The number of aliphatic carboxylic acids is 1. The Labute approximate surface area is 138 Å². The third-order valence-electron chi connectivity index (χ3n) is 3.35. The molecule has 0 spiro atoms. The highest BCUT2D eigenvalue weighted by molar-refractivity contribution is 5.85. The quantitative estimate of drug-likeness (QED) is 0.867. The molecule has 0 radical (unpaired) electrons. The molecule has 0 fully saturated rings. The number of hydrogen-bond acceptors (Lipinski definition) is 3. The van der Waals surface area contributed by atoms with Crippen LogP contribution in [0.1, 0.15) is 52.7 Å². The highest BCUT2D eigenvalue weighted by Gasteiger charge is 2.38. The molecule has 0 saturated carbocycles. The van der Waals surface area contributed by atoms with Gasteiger partial charge in [-0.1, -0.05) is 38.1 Å². The van der Waals surface area contributed by atoms with Gasteiger partial charge in [0.2, 0.25) is 0 Å². The van der Waals surface area contributed by atoms with Gasteiger partial charge in [-0.2, -0.15) is 0 Å². The predicted molar refractivity (Wildman–Crippen MR) is 89.3 cm³/mol. The number of carboxylic acids is 1. The highest BCUT2D eigenvalue weighted by atomic mass is 16.6. The van der Waals surface area contributed by atoms with Crippen LogP contribution in [0.3, 0.4) is 0 Å². The Bertz CT molecular complexity index is 557. The van der Waals surface area contributed by atoms with Crippen LogP contribution in [0.5, 0.6) is 0 Å². The Balaban J connectivity index is 3.00. The third-order valence-corrected chi connectivity index (χ3v) is 3.35. The van der Waals surface area contributed by atoms with Crippen LogP contribution < -0.4 is 5.32 Å². The van der Waals surface area contributed by atoms with Gasteiger partial charge in [0.05, 0.1) is 0 Å². The number of carboxylic acid groups (broad SMARTS) is 1. The minimum atomic E-state index is -1.54. The lowest BCUT2D eigenvalue weighted by Gasteiger charge is -2.29. The zero-order valence-corrected chi connectivity index (χ0v) is 14.8. The number of hydrogen-bond donors (Lipinski definition) is 2. The molecule has 0 heterocycles. The summed E-state index contributed by atoms with van der Waals surface area (Å²) in [4.78, 5) is 23.7. The molecule has 5 heteroatoms. The van der Waals surface area contributed by atoms with Gasteiger partial charge in [-0.05, 0) is 51.2 Å². The Morgan fingerprint density at radius 2 is 1.65 bits per heavy atom. The Morgan fingerprint density at radius 3 is 2.04 bits per heavy atom. The maximum absolute atomic E-state index is 12.0. The molecule has 1 atom stereocenters. The minimum absolute atomic E-state index is 0.503. The number of nitrogens with one attached hydrogen (secondary N) is 1. The van der Waals surface area contributed by atoms with Crippen molar-refractivity contribution in [3.8, 4) is 0 Å². The molecule has 23 heavy (non-hydrogen) atoms. The minimum Gasteiger partial charge on any atom is -0.479 e. The van der Waals surface area contributed by atoms with E-state index in [0.717, 1.165) is 12.0 Å². The fourth-order valence-electron chi connectivity index (χ4n) is 2.20. The molecular weight excluding hydrogens is 294 g/mol. The zero-order valence-electron chi connectivity index (χ0n) is 14.8. The largest absolute Gasteiger partial charge is 0.479 e. The molecule has 0 saturated heterocycles. The zero-order chi connectivity index (χ0) is 17.8. The summed E-state index contributed by atoms with van der Waals surface area (Å²) in [5.41, 5.74) is -0.597. The average molecular weight is 321 g/mol. The molecule has 0 bridgehead atoms. The van der Waals surface area contributed by atoms with Crippen molar-refractivity contribution in [1.82, 2.24) is 5.32 Å². The first-order chi connectivity index (χ1) is 10.4. The molecule has 1 unspecified atom stereocenters. The van der Waals surface area contributed by atoms with E-state index in [2.05, 4.69) is 19.2 Å². The second-order valence-corrected chi connectivity index (χ2v) is 7.35. The van der Waals surface area contributed by atoms with Crippen LogP contribution in [0.2, 0.25) is 0 Å². The van der Waals surface area contributed by atoms with Gasteiger partial charge in [0.15, 0.2) is 5.54 Å². The molecule has 128 valence electrons. The van der Waals surface area contributed by atoms with Crippen molar-refractivity contribution < 1.29 is 19.4 Å². The van der Waals surface area contributed by atoms with Crippen molar-refractivity contribution in [2.45, 2.75) is 59.1 Å². The van der Waals surface area contributed by atoms with E-state index in [0.29, 0.717) is 11.5 Å². The van der Waals surface area contributed by atoms with Crippen molar-refractivity contribution in [1.29, 1.82) is 0 Å². The first-order valence-electron chi connectivity index (χ1n) is 7.78. The number of benzene rings is 1. The van der Waals surface area contributed by atoms with E-state index in [1.54, 1.807) is 32.9 Å². The maximum Gasteiger partial charge on any atom is 0.408 e. The summed E-state index contributed by atoms with van der Waals surface area (Å²) in [5, 5.41) is 12.0. The van der Waals surface area contributed by atoms with Gasteiger partial charge in [0.25, 0.3) is 0 Å². The molecule has 1 aromatic rings. The lowest BCUT2D eigenvalue weighted by molar-refractivity contribution is -0.144. The molecule has 2 N–H and O–H groups in total. The summed E-state index contributed by atoms with van der Waals surface area (Å²) in [7, 11) is 0. The fourth-order valence-corrected chi connectivity index (χ4v) is 2.20. The van der Waals surface area contributed by atoms with E-state index < -0.39 is 23.2 Å². The topological polar surface area (TPSA) is 75.6 Å². The van der Waals surface area contributed by atoms with Crippen LogP contribution in [0.4, 0.5) is 4.79 Å². The number of ether oxygens (including phenoxy) is 1. The van der Waals surface area contributed by atoms with Gasteiger partial charge in [-0.15, -0.1) is 0 Å². The number of carbonyl (C=O) groups is 2. The normalized spacial score (nSPS) is 14.2. The molecule has 1 amide bonds. The van der Waals surface area contributed by atoms with Crippen molar-refractivity contribution >= 4 is 12.1 Å². The molecule has 0 aliphatic heterocycles. The summed E-state index contributed by atoms with van der Waals surface area (Å²) in [6, 6.07) is 7.27. The van der Waals surface area contributed by atoms with Crippen LogP contribution in [0.25, 0.3) is 0 Å². The molecule has 0 aliphatic carbocycles. The van der Waals surface area contributed by atoms with E-state index >= 15 is 0 Å². The van der Waals surface area contributed by atoms with E-state index in [4.69, 9.17) is 4.74 Å². The third kappa shape index (κ3) is 5.58. The molecule has 1 rings (SSSR count). The Kier molecular flexibility index (Phi) is 5.81. The van der Waals surface area contributed by atoms with Crippen molar-refractivity contribution in [3.63, 3.8) is 0 Å². The van der Waals surface area contributed by atoms with E-state index in [1.165, 1.54) is 6.92 Å². The molecule has 0 aromatic heterocycles. The smallest absolute Gasteiger partial charge is 0.408 e. The van der Waals surface area contributed by atoms with Crippen LogP contribution in [0.15, 0.2) is 24.3 Å². The maximum atomic E-state index is 12.0. The standard InChI is InChI=1S/C18H27NO4/c1-12(2)11-13-7-9-14(10-8-13)18(6,15(20)21)19-16(22)23-17(3,4)5/h7-10,12H,11H2,1-6H3,(H,19,22)(H,20,21). The number of amides is 1. The summed E-state index contributed by atoms with van der Waals surface area (Å²) in [6.45, 7) is 10.9. The van der Waals surface area contributed by atoms with E-state index in [-0.39, 0.29) is 0 Å². The van der Waals surface area contributed by atoms with Gasteiger partial charge in [-0.3, -0.25) is 0 Å². The molecule has 1 aromatic carbocycles. The summed E-state index contributed by atoms with van der Waals surface area (Å²) in [6.07, 6.45) is 0.164. The van der Waals surface area contributed by atoms with Crippen LogP contribution in [0, 0.1) is 5.92 Å². The molecule has 0 aliphatic rings. The van der Waals surface area contributed by atoms with E-state index in [9.17, 15) is 14.7 Å². The van der Waals surface area contributed by atoms with Gasteiger partial charge < -0.3 is 15.2 Å². The van der Waals surface area contributed by atoms with Crippen molar-refractivity contribution in [2.75, 3.05) is 0 Å². The molecule has 5 nitrogen and oxygen atoms in total. The van der Waals surface area contributed by atoms with Crippen LogP contribution in [-0.4, -0.2) is 22.8 Å². The Morgan fingerprint density at radius 1 is 1.13 bits per heavy atom. The second-order valence-electron chi connectivity index (χ2n) is 7.35. The van der Waals surface area contributed by atoms with Gasteiger partial charge in [-0.25, -0.2) is 9.59 Å². The predicted octanol–water partition coefficient (Wildman–Crippen LogP) is 3.71. The Hall–Kier alpha value is -2.04. The van der Waals surface area contributed by atoms with Gasteiger partial charge >= 0.3 is 12.1 Å². The number of rotatable bonds is 5. The second kappa shape index (κ2) is 7.02. The average Bonchev–Trinajstić information content (AvgIpc) is 2.35. The van der Waals surface area contributed by atoms with Gasteiger partial charge in [0.1, 0.15) is 5.60 Å². The lowest BCUT2D eigenvalue weighted by atomic mass is 9.90. The van der Waals surface area contributed by atoms with Crippen molar-refractivity contribution in [3.05, 3.63) is 35.4 Å². The van der Waals surface area contributed by atoms with Crippen LogP contribution in [-0.2, 0) is 21.5 Å². The fraction of sp³-hybridized carbons (Fsp3) is 0.556. The lowest BCUT2D eigenvalue weighted by Crippen LogP contribution is -2.51. The van der Waals surface area contributed by atoms with Gasteiger partial charge in [0, 0.05) is 0 Å². The summed E-state index contributed by atoms with van der Waals surface area (Å²) < 4.78 is 5.17. The number of alkyl carbamates (subject to hydrolysis) is 1. The number of carbonyl (C=O) groups excluding carboxylic acids is 1. The summed E-state index contributed by atoms with van der Waals surface area (Å²) in [5.74, 6) is -0.619. The van der Waals surface area contributed by atoms with E-state index in [1.807, 2.05) is 12.1 Å². The van der Waals surface area contributed by atoms with Crippen LogP contribution >= 0.6 is 0 Å². The molecular formula is C18H27NO4. The summed E-state index contributed by atoms with van der Waals surface area (Å²) >= 11 is 0. The monoisotopic (exact) mass is 321 g/mol. The first kappa shape index (κ1) is 19.0. The van der Waals surface area contributed by atoms with Crippen molar-refractivity contribution in [2.24, 2.45) is 5.92 Å². The SMILES string of the molecule is CC(C)Cc1ccc(C(C)(NC(=O)OC(C)(C)C)C(=O)O)cc1.